The molecule has 1 N–H and O–H groups in total. The lowest BCUT2D eigenvalue weighted by atomic mass is 10.3. The maximum Gasteiger partial charge on any atom is 0.263 e. The Balaban J connectivity index is 2.25. The van der Waals surface area contributed by atoms with Crippen LogP contribution in [0.1, 0.15) is 25.2 Å². The molecule has 0 aliphatic heterocycles. The number of benzene rings is 1. The maximum atomic E-state index is 12.4. The second-order valence-electron chi connectivity index (χ2n) is 5.19. The lowest BCUT2D eigenvalue weighted by Gasteiger charge is -2.12. The normalized spacial score (nSPS) is 11.5. The summed E-state index contributed by atoms with van der Waals surface area (Å²) in [5.74, 6) is 1.42. The molecule has 2 aromatic rings. The summed E-state index contributed by atoms with van der Waals surface area (Å²) in [5.41, 5.74) is 0.661. The Kier molecular flexibility index (Phi) is 4.65. The number of ether oxygens (including phenoxy) is 1. The van der Waals surface area contributed by atoms with E-state index in [1.807, 2.05) is 13.8 Å². The summed E-state index contributed by atoms with van der Waals surface area (Å²) in [7, 11) is -3.69. The molecule has 2 rings (SSSR count). The minimum absolute atomic E-state index is 0.0345. The highest BCUT2D eigenvalue weighted by atomic mass is 32.2. The molecule has 0 radical (unpaired) electrons. The van der Waals surface area contributed by atoms with Crippen molar-refractivity contribution in [3.05, 3.63) is 41.9 Å². The Labute approximate surface area is 130 Å². The standard InChI is InChI=1S/C15H19N3O3S/c1-10(2)21-13-5-7-14(8-6-13)22(19,20)18-15-11(3)9-16-12(4)17-15/h5-10H,1-4H3,(H,16,17,18). The maximum absolute atomic E-state index is 12.4. The second kappa shape index (κ2) is 6.31. The number of rotatable bonds is 5. The van der Waals surface area contributed by atoms with Gasteiger partial charge in [-0.15, -0.1) is 0 Å². The first kappa shape index (κ1) is 16.2. The van der Waals surface area contributed by atoms with Crippen molar-refractivity contribution in [3.63, 3.8) is 0 Å². The summed E-state index contributed by atoms with van der Waals surface area (Å²) < 4.78 is 32.8. The zero-order valence-corrected chi connectivity index (χ0v) is 13.8. The average molecular weight is 321 g/mol. The van der Waals surface area contributed by atoms with Gasteiger partial charge in [-0.2, -0.15) is 0 Å². The largest absolute Gasteiger partial charge is 0.491 e. The van der Waals surface area contributed by atoms with Crippen LogP contribution in [0.5, 0.6) is 5.75 Å². The van der Waals surface area contributed by atoms with Crippen LogP contribution < -0.4 is 9.46 Å². The monoisotopic (exact) mass is 321 g/mol. The van der Waals surface area contributed by atoms with Gasteiger partial charge in [0, 0.05) is 11.8 Å². The third-order valence-corrected chi connectivity index (χ3v) is 4.18. The molecule has 118 valence electrons. The molecule has 1 heterocycles. The molecule has 0 atom stereocenters. The number of hydrogen-bond acceptors (Lipinski definition) is 5. The van der Waals surface area contributed by atoms with Gasteiger partial charge in [-0.1, -0.05) is 0 Å². The van der Waals surface area contributed by atoms with Gasteiger partial charge in [0.05, 0.1) is 11.0 Å². The summed E-state index contributed by atoms with van der Waals surface area (Å²) in [6, 6.07) is 6.27. The molecule has 1 aromatic carbocycles. The SMILES string of the molecule is Cc1ncc(C)c(NS(=O)(=O)c2ccc(OC(C)C)cc2)n1. The van der Waals surface area contributed by atoms with E-state index in [0.29, 0.717) is 17.1 Å². The van der Waals surface area contributed by atoms with Gasteiger partial charge in [-0.25, -0.2) is 18.4 Å². The molecule has 6 nitrogen and oxygen atoms in total. The molecule has 0 saturated heterocycles. The third-order valence-electron chi connectivity index (χ3n) is 2.83. The highest BCUT2D eigenvalue weighted by Crippen LogP contribution is 2.20. The van der Waals surface area contributed by atoms with Crippen LogP contribution in [0.2, 0.25) is 0 Å². The van der Waals surface area contributed by atoms with Crippen LogP contribution in [0.15, 0.2) is 35.4 Å². The molecule has 0 saturated carbocycles. The number of nitrogens with one attached hydrogen (secondary N) is 1. The molecule has 7 heteroatoms. The van der Waals surface area contributed by atoms with Crippen LogP contribution in [0.3, 0.4) is 0 Å². The van der Waals surface area contributed by atoms with Crippen molar-refractivity contribution in [1.29, 1.82) is 0 Å². The van der Waals surface area contributed by atoms with Gasteiger partial charge in [0.2, 0.25) is 0 Å². The number of anilines is 1. The lowest BCUT2D eigenvalue weighted by molar-refractivity contribution is 0.242. The first-order valence-corrected chi connectivity index (χ1v) is 8.36. The van der Waals surface area contributed by atoms with Gasteiger partial charge in [-0.3, -0.25) is 4.72 Å². The van der Waals surface area contributed by atoms with E-state index in [9.17, 15) is 8.42 Å². The molecular formula is C15H19N3O3S. The van der Waals surface area contributed by atoms with Crippen molar-refractivity contribution in [3.8, 4) is 5.75 Å². The van der Waals surface area contributed by atoms with E-state index in [0.717, 1.165) is 0 Å². The van der Waals surface area contributed by atoms with Crippen LogP contribution in [0.4, 0.5) is 5.82 Å². The van der Waals surface area contributed by atoms with Crippen molar-refractivity contribution in [2.75, 3.05) is 4.72 Å². The molecule has 22 heavy (non-hydrogen) atoms. The minimum atomic E-state index is -3.69. The predicted molar refractivity (Wildman–Crippen MR) is 84.5 cm³/mol. The zero-order chi connectivity index (χ0) is 16.3. The van der Waals surface area contributed by atoms with E-state index in [2.05, 4.69) is 14.7 Å². The van der Waals surface area contributed by atoms with Gasteiger partial charge in [0.15, 0.2) is 0 Å². The van der Waals surface area contributed by atoms with Crippen LogP contribution in [0.25, 0.3) is 0 Å². The minimum Gasteiger partial charge on any atom is -0.491 e. The van der Waals surface area contributed by atoms with Gasteiger partial charge in [0.25, 0.3) is 10.0 Å². The topological polar surface area (TPSA) is 81.2 Å². The Morgan fingerprint density at radius 1 is 1.14 bits per heavy atom. The van der Waals surface area contributed by atoms with Crippen LogP contribution >= 0.6 is 0 Å². The average Bonchev–Trinajstić information content (AvgIpc) is 2.42. The number of aryl methyl sites for hydroxylation is 2. The first-order valence-electron chi connectivity index (χ1n) is 6.88. The first-order chi connectivity index (χ1) is 10.3. The molecule has 0 amide bonds. The lowest BCUT2D eigenvalue weighted by Crippen LogP contribution is -2.15. The Morgan fingerprint density at radius 2 is 1.77 bits per heavy atom. The van der Waals surface area contributed by atoms with E-state index in [-0.39, 0.29) is 16.8 Å². The second-order valence-corrected chi connectivity index (χ2v) is 6.87. The van der Waals surface area contributed by atoms with E-state index in [1.54, 1.807) is 32.2 Å². The number of sulfonamides is 1. The Hall–Kier alpha value is -2.15. The van der Waals surface area contributed by atoms with Crippen LogP contribution in [-0.2, 0) is 10.0 Å². The summed E-state index contributed by atoms with van der Waals surface area (Å²) in [6.07, 6.45) is 1.62. The fourth-order valence-electron chi connectivity index (χ4n) is 1.79. The van der Waals surface area contributed by atoms with Gasteiger partial charge in [-0.05, 0) is 52.0 Å². The molecule has 0 spiro atoms. The van der Waals surface area contributed by atoms with Crippen molar-refractivity contribution in [2.45, 2.75) is 38.7 Å². The predicted octanol–water partition coefficient (Wildman–Crippen LogP) is 2.68. The Bertz CT molecular complexity index is 756. The van der Waals surface area contributed by atoms with Gasteiger partial charge >= 0.3 is 0 Å². The molecular weight excluding hydrogens is 302 g/mol. The number of hydrogen-bond donors (Lipinski definition) is 1. The van der Waals surface area contributed by atoms with Crippen molar-refractivity contribution in [1.82, 2.24) is 9.97 Å². The molecule has 0 aliphatic carbocycles. The summed E-state index contributed by atoms with van der Waals surface area (Å²) in [5, 5.41) is 0. The Morgan fingerprint density at radius 3 is 2.36 bits per heavy atom. The van der Waals surface area contributed by atoms with E-state index >= 15 is 0 Å². The molecule has 0 bridgehead atoms. The zero-order valence-electron chi connectivity index (χ0n) is 13.0. The van der Waals surface area contributed by atoms with Gasteiger partial charge in [0.1, 0.15) is 17.4 Å². The summed E-state index contributed by atoms with van der Waals surface area (Å²) in [6.45, 7) is 7.27. The van der Waals surface area contributed by atoms with Crippen molar-refractivity contribution < 1.29 is 13.2 Å². The highest BCUT2D eigenvalue weighted by Gasteiger charge is 2.16. The smallest absolute Gasteiger partial charge is 0.263 e. The summed E-state index contributed by atoms with van der Waals surface area (Å²) >= 11 is 0. The van der Waals surface area contributed by atoms with E-state index in [1.165, 1.54) is 12.1 Å². The van der Waals surface area contributed by atoms with Crippen LogP contribution in [0, 0.1) is 13.8 Å². The fraction of sp³-hybridized carbons (Fsp3) is 0.333. The fourth-order valence-corrected chi connectivity index (χ4v) is 2.86. The summed E-state index contributed by atoms with van der Waals surface area (Å²) in [4.78, 5) is 8.29. The highest BCUT2D eigenvalue weighted by molar-refractivity contribution is 7.92. The van der Waals surface area contributed by atoms with Crippen LogP contribution in [-0.4, -0.2) is 24.5 Å². The van der Waals surface area contributed by atoms with E-state index in [4.69, 9.17) is 4.74 Å². The van der Waals surface area contributed by atoms with Gasteiger partial charge < -0.3 is 4.74 Å². The molecule has 0 unspecified atom stereocenters. The molecule has 1 aromatic heterocycles. The quantitative estimate of drug-likeness (QED) is 0.915. The van der Waals surface area contributed by atoms with Crippen molar-refractivity contribution >= 4 is 15.8 Å². The van der Waals surface area contributed by atoms with Crippen molar-refractivity contribution in [2.24, 2.45) is 0 Å². The molecule has 0 aliphatic rings. The third kappa shape index (κ3) is 3.94. The number of aromatic nitrogens is 2. The molecule has 0 fully saturated rings. The number of nitrogens with zero attached hydrogens (tertiary/aromatic N) is 2. The van der Waals surface area contributed by atoms with E-state index < -0.39 is 10.0 Å².